The first-order valence-corrected chi connectivity index (χ1v) is 12.2. The number of aromatic nitrogens is 4. The summed E-state index contributed by atoms with van der Waals surface area (Å²) in [7, 11) is 0. The molecule has 0 unspecified atom stereocenters. The summed E-state index contributed by atoms with van der Waals surface area (Å²) in [5.41, 5.74) is 3.26. The minimum Gasteiger partial charge on any atom is -0.238 e. The zero-order valence-electron chi connectivity index (χ0n) is 11.2. The third kappa shape index (κ3) is 3.07. The number of hydrogen-bond donors (Lipinski definition) is 0. The van der Waals surface area contributed by atoms with Crippen molar-refractivity contribution in [2.75, 3.05) is 0 Å². The number of nitrogens with zero attached hydrogens (tertiary/aromatic N) is 4. The largest absolute Gasteiger partial charge is 0.238 e. The molecule has 0 aliphatic heterocycles. The molecule has 24 heavy (non-hydrogen) atoms. The molecule has 0 N–H and O–H groups in total. The summed E-state index contributed by atoms with van der Waals surface area (Å²) >= 11 is 16.0. The van der Waals surface area contributed by atoms with Gasteiger partial charge in [0.05, 0.1) is 4.47 Å². The van der Waals surface area contributed by atoms with E-state index >= 15 is 0 Å². The van der Waals surface area contributed by atoms with Gasteiger partial charge in [0.2, 0.25) is 0 Å². The minimum absolute atomic E-state index is 0.749. The predicted octanol–water partition coefficient (Wildman–Crippen LogP) is 6.67. The van der Waals surface area contributed by atoms with Crippen molar-refractivity contribution in [2.45, 2.75) is 0 Å². The lowest BCUT2D eigenvalue weighted by molar-refractivity contribution is 1.19. The maximum absolute atomic E-state index is 4.79. The monoisotopic (exact) mass is 891 g/mol. The Bertz CT molecular complexity index is 915. The van der Waals surface area contributed by atoms with Gasteiger partial charge in [0.25, 0.3) is 0 Å². The van der Waals surface area contributed by atoms with Crippen LogP contribution in [0.3, 0.4) is 0 Å². The van der Waals surface area contributed by atoms with Gasteiger partial charge in [0.1, 0.15) is 37.8 Å². The molecule has 0 radical (unpaired) electrons. The summed E-state index contributed by atoms with van der Waals surface area (Å²) in [5, 5.41) is 2.05. The SMILES string of the molecule is Brc1cc2c3cc(I)c(I)nc3c3nc(I)c(I)nc3c2nc1Br. The van der Waals surface area contributed by atoms with Crippen LogP contribution in [0.5, 0.6) is 0 Å². The van der Waals surface area contributed by atoms with Crippen LogP contribution in [0.2, 0.25) is 0 Å². The maximum atomic E-state index is 4.79. The van der Waals surface area contributed by atoms with Gasteiger partial charge in [0, 0.05) is 14.3 Å². The van der Waals surface area contributed by atoms with Gasteiger partial charge in [-0.05, 0) is 134 Å². The second-order valence-corrected chi connectivity index (χ2v) is 10.6. The average molecular weight is 894 g/mol. The topological polar surface area (TPSA) is 51.6 Å². The van der Waals surface area contributed by atoms with E-state index in [2.05, 4.69) is 134 Å². The highest BCUT2D eigenvalue weighted by molar-refractivity contribution is 14.1. The number of fused-ring (bicyclic) bond motifs is 6. The Morgan fingerprint density at radius 3 is 1.75 bits per heavy atom. The van der Waals surface area contributed by atoms with Crippen molar-refractivity contribution in [3.63, 3.8) is 0 Å². The first-order chi connectivity index (χ1) is 11.4. The number of rotatable bonds is 0. The second-order valence-electron chi connectivity index (χ2n) is 4.82. The Hall–Kier alpha value is 1.26. The van der Waals surface area contributed by atoms with Crippen molar-refractivity contribution in [3.05, 3.63) is 35.9 Å². The molecule has 10 heteroatoms. The van der Waals surface area contributed by atoms with Gasteiger partial charge >= 0.3 is 0 Å². The zero-order chi connectivity index (χ0) is 17.2. The Morgan fingerprint density at radius 2 is 1.12 bits per heavy atom. The van der Waals surface area contributed by atoms with Gasteiger partial charge in [-0.2, -0.15) is 0 Å². The molecule has 4 nitrogen and oxygen atoms in total. The summed E-state index contributed by atoms with van der Waals surface area (Å²) in [4.78, 5) is 19.0. The average Bonchev–Trinajstić information content (AvgIpc) is 2.53. The molecule has 120 valence electrons. The van der Waals surface area contributed by atoms with Crippen LogP contribution < -0.4 is 0 Å². The summed E-state index contributed by atoms with van der Waals surface area (Å²) in [5.74, 6) is 0. The fourth-order valence-corrected chi connectivity index (χ4v) is 4.59. The zero-order valence-corrected chi connectivity index (χ0v) is 23.0. The third-order valence-corrected chi connectivity index (χ3v) is 10.4. The van der Waals surface area contributed by atoms with E-state index in [1.54, 1.807) is 0 Å². The maximum Gasteiger partial charge on any atom is 0.133 e. The van der Waals surface area contributed by atoms with Crippen LogP contribution in [-0.2, 0) is 0 Å². The van der Waals surface area contributed by atoms with Crippen LogP contribution in [0.15, 0.2) is 21.2 Å². The van der Waals surface area contributed by atoms with Crippen molar-refractivity contribution < 1.29 is 0 Å². The van der Waals surface area contributed by atoms with E-state index in [-0.39, 0.29) is 0 Å². The van der Waals surface area contributed by atoms with E-state index in [0.29, 0.717) is 0 Å². The van der Waals surface area contributed by atoms with Crippen LogP contribution in [0, 0.1) is 14.7 Å². The molecular formula is C14H2Br2I4N4. The Kier molecular flexibility index (Phi) is 5.44. The summed E-state index contributed by atoms with van der Waals surface area (Å²) in [6, 6.07) is 4.20. The molecule has 0 spiro atoms. The van der Waals surface area contributed by atoms with E-state index in [1.165, 1.54) is 0 Å². The molecule has 0 bridgehead atoms. The van der Waals surface area contributed by atoms with Gasteiger partial charge in [-0.1, -0.05) is 0 Å². The van der Waals surface area contributed by atoms with E-state index in [4.69, 9.17) is 19.9 Å². The Labute approximate surface area is 207 Å². The number of hydrogen-bond acceptors (Lipinski definition) is 4. The predicted molar refractivity (Wildman–Crippen MR) is 136 cm³/mol. The molecule has 0 atom stereocenters. The Morgan fingerprint density at radius 1 is 0.625 bits per heavy atom. The lowest BCUT2D eigenvalue weighted by Crippen LogP contribution is -1.99. The van der Waals surface area contributed by atoms with Crippen molar-refractivity contribution in [1.29, 1.82) is 0 Å². The Balaban J connectivity index is 2.40. The lowest BCUT2D eigenvalue weighted by Gasteiger charge is -2.11. The summed E-state index contributed by atoms with van der Waals surface area (Å²) < 4.78 is 5.45. The fourth-order valence-electron chi connectivity index (χ4n) is 2.43. The van der Waals surface area contributed by atoms with E-state index in [1.807, 2.05) is 0 Å². The van der Waals surface area contributed by atoms with E-state index in [9.17, 15) is 0 Å². The normalized spacial score (nSPS) is 11.8. The third-order valence-electron chi connectivity index (χ3n) is 3.42. The van der Waals surface area contributed by atoms with E-state index < -0.39 is 0 Å². The standard InChI is InChI=1S/C14H2Br2I4N4/c15-5-1-3-4-2-6(17)12(18)22-8(4)10-9(7(3)21-11(5)16)23-13(19)14(20)24-10/h1-2H. The van der Waals surface area contributed by atoms with Crippen LogP contribution in [-0.4, -0.2) is 19.9 Å². The highest BCUT2D eigenvalue weighted by Crippen LogP contribution is 2.36. The highest BCUT2D eigenvalue weighted by Gasteiger charge is 2.18. The van der Waals surface area contributed by atoms with Crippen molar-refractivity contribution in [2.24, 2.45) is 0 Å². The van der Waals surface area contributed by atoms with Gasteiger partial charge in [-0.3, -0.25) is 0 Å². The van der Waals surface area contributed by atoms with Gasteiger partial charge in [-0.15, -0.1) is 0 Å². The molecule has 0 fully saturated rings. The molecule has 3 aromatic heterocycles. The minimum atomic E-state index is 0.749. The van der Waals surface area contributed by atoms with Crippen molar-refractivity contribution >= 4 is 155 Å². The van der Waals surface area contributed by atoms with E-state index in [0.717, 1.165) is 56.6 Å². The quantitative estimate of drug-likeness (QED) is 0.113. The smallest absolute Gasteiger partial charge is 0.133 e. The molecule has 4 rings (SSSR count). The highest BCUT2D eigenvalue weighted by atomic mass is 127. The van der Waals surface area contributed by atoms with Crippen molar-refractivity contribution in [1.82, 2.24) is 19.9 Å². The van der Waals surface area contributed by atoms with Crippen LogP contribution >= 0.6 is 122 Å². The van der Waals surface area contributed by atoms with Crippen LogP contribution in [0.4, 0.5) is 0 Å². The number of benzene rings is 1. The molecule has 0 saturated carbocycles. The van der Waals surface area contributed by atoms with Crippen LogP contribution in [0.25, 0.3) is 32.8 Å². The molecule has 0 saturated heterocycles. The lowest BCUT2D eigenvalue weighted by atomic mass is 10.1. The first-order valence-electron chi connectivity index (χ1n) is 6.33. The first kappa shape index (κ1) is 18.6. The molecule has 0 aliphatic carbocycles. The van der Waals surface area contributed by atoms with Gasteiger partial charge in [-0.25, -0.2) is 19.9 Å². The fraction of sp³-hybridized carbons (Fsp3) is 0. The molecular weight excluding hydrogens is 892 g/mol. The molecule has 0 aliphatic rings. The summed E-state index contributed by atoms with van der Waals surface area (Å²) in [6.45, 7) is 0. The van der Waals surface area contributed by atoms with Gasteiger partial charge in [0.15, 0.2) is 0 Å². The number of halogens is 6. The second kappa shape index (κ2) is 7.01. The van der Waals surface area contributed by atoms with Crippen LogP contribution in [0.1, 0.15) is 0 Å². The number of pyridine rings is 2. The summed E-state index contributed by atoms with van der Waals surface area (Å²) in [6.07, 6.45) is 0. The van der Waals surface area contributed by atoms with Crippen molar-refractivity contribution in [3.8, 4) is 0 Å². The molecule has 0 amide bonds. The molecule has 3 heterocycles. The molecule has 4 aromatic rings. The molecule has 1 aromatic carbocycles. The van der Waals surface area contributed by atoms with Gasteiger partial charge < -0.3 is 0 Å².